The summed E-state index contributed by atoms with van der Waals surface area (Å²) in [6.07, 6.45) is 4.84. The average Bonchev–Trinajstić information content (AvgIpc) is 3.08. The molecule has 0 N–H and O–H groups in total. The predicted molar refractivity (Wildman–Crippen MR) is 110 cm³/mol. The maximum Gasteiger partial charge on any atom is 0.417 e. The van der Waals surface area contributed by atoms with Crippen LogP contribution in [0.5, 0.6) is 0 Å². The largest absolute Gasteiger partial charge is 0.447 e. The fourth-order valence-electron chi connectivity index (χ4n) is 3.48. The van der Waals surface area contributed by atoms with Crippen LogP contribution in [0.2, 0.25) is 0 Å². The molecule has 1 fully saturated rings. The van der Waals surface area contributed by atoms with Crippen molar-refractivity contribution in [3.8, 4) is 0 Å². The van der Waals surface area contributed by atoms with Gasteiger partial charge < -0.3 is 9.47 Å². The number of benzene rings is 1. The maximum atomic E-state index is 13.2. The first-order valence-electron chi connectivity index (χ1n) is 10.7. The monoisotopic (exact) mass is 403 g/mol. The van der Waals surface area contributed by atoms with E-state index in [4.69, 9.17) is 9.47 Å². The van der Waals surface area contributed by atoms with Crippen molar-refractivity contribution in [1.29, 1.82) is 0 Å². The summed E-state index contributed by atoms with van der Waals surface area (Å²) in [4.78, 5) is 39.4. The van der Waals surface area contributed by atoms with E-state index in [-0.39, 0.29) is 25.0 Å². The number of imide groups is 1. The number of hydrogen-bond donors (Lipinski definition) is 0. The first-order chi connectivity index (χ1) is 14.1. The molecule has 0 aliphatic carbocycles. The minimum Gasteiger partial charge on any atom is -0.447 e. The lowest BCUT2D eigenvalue weighted by molar-refractivity contribution is -0.142. The Morgan fingerprint density at radius 2 is 1.86 bits per heavy atom. The highest BCUT2D eigenvalue weighted by molar-refractivity contribution is 6.07. The number of amides is 2. The Kier molecular flexibility index (Phi) is 9.84. The number of hydrogen-bond acceptors (Lipinski definition) is 5. The molecule has 1 aromatic rings. The Morgan fingerprint density at radius 1 is 1.14 bits per heavy atom. The van der Waals surface area contributed by atoms with Crippen LogP contribution in [-0.4, -0.2) is 48.5 Å². The topological polar surface area (TPSA) is 72.9 Å². The SMILES string of the molecule is CCCCC[C@H](C(=O)COCCCC)C(=O)N1C(=O)OC[C@@H]1Cc1ccccc1. The number of unbranched alkanes of at least 4 members (excludes halogenated alkanes) is 3. The van der Waals surface area contributed by atoms with Gasteiger partial charge in [0.05, 0.1) is 12.0 Å². The average molecular weight is 404 g/mol. The summed E-state index contributed by atoms with van der Waals surface area (Å²) >= 11 is 0. The first kappa shape index (κ1) is 23.1. The van der Waals surface area contributed by atoms with Crippen LogP contribution in [0.25, 0.3) is 0 Å². The molecule has 2 atom stereocenters. The normalized spacial score (nSPS) is 17.2. The molecule has 1 aliphatic heterocycles. The third-order valence-corrected chi connectivity index (χ3v) is 5.18. The number of nitrogens with zero attached hydrogens (tertiary/aromatic N) is 1. The lowest BCUT2D eigenvalue weighted by Crippen LogP contribution is -2.46. The van der Waals surface area contributed by atoms with Crippen LogP contribution >= 0.6 is 0 Å². The van der Waals surface area contributed by atoms with Gasteiger partial charge >= 0.3 is 6.09 Å². The molecule has 6 heteroatoms. The third kappa shape index (κ3) is 6.96. The van der Waals surface area contributed by atoms with Crippen LogP contribution in [0, 0.1) is 5.92 Å². The van der Waals surface area contributed by atoms with E-state index in [0.717, 1.165) is 42.6 Å². The molecule has 2 amide bonds. The molecule has 1 heterocycles. The number of ether oxygens (including phenoxy) is 2. The number of ketones is 1. The smallest absolute Gasteiger partial charge is 0.417 e. The third-order valence-electron chi connectivity index (χ3n) is 5.18. The summed E-state index contributed by atoms with van der Waals surface area (Å²) in [5.74, 6) is -1.55. The van der Waals surface area contributed by atoms with Gasteiger partial charge in [0, 0.05) is 6.61 Å². The minimum atomic E-state index is -0.855. The maximum absolute atomic E-state index is 13.2. The lowest BCUT2D eigenvalue weighted by Gasteiger charge is -2.24. The molecular formula is C23H33NO5. The van der Waals surface area contributed by atoms with Gasteiger partial charge in [0.25, 0.3) is 0 Å². The molecule has 1 aliphatic rings. The van der Waals surface area contributed by atoms with Crippen LogP contribution in [0.1, 0.15) is 57.9 Å². The Bertz CT molecular complexity index is 660. The Hall–Kier alpha value is -2.21. The van der Waals surface area contributed by atoms with Gasteiger partial charge in [-0.15, -0.1) is 0 Å². The zero-order valence-electron chi connectivity index (χ0n) is 17.6. The van der Waals surface area contributed by atoms with Crippen molar-refractivity contribution in [2.45, 2.75) is 64.8 Å². The first-order valence-corrected chi connectivity index (χ1v) is 10.7. The van der Waals surface area contributed by atoms with Gasteiger partial charge in [-0.3, -0.25) is 9.59 Å². The van der Waals surface area contributed by atoms with Crippen molar-refractivity contribution >= 4 is 17.8 Å². The number of carbonyl (C=O) groups is 3. The molecule has 6 nitrogen and oxygen atoms in total. The van der Waals surface area contributed by atoms with Crippen LogP contribution in [0.4, 0.5) is 4.79 Å². The molecule has 1 saturated heterocycles. The highest BCUT2D eigenvalue weighted by atomic mass is 16.6. The quantitative estimate of drug-likeness (QED) is 0.365. The highest BCUT2D eigenvalue weighted by Gasteiger charge is 2.42. The van der Waals surface area contributed by atoms with E-state index in [1.165, 1.54) is 0 Å². The van der Waals surface area contributed by atoms with Gasteiger partial charge in [-0.25, -0.2) is 9.69 Å². The molecular weight excluding hydrogens is 370 g/mol. The van der Waals surface area contributed by atoms with E-state index in [2.05, 4.69) is 6.92 Å². The summed E-state index contributed by atoms with van der Waals surface area (Å²) in [7, 11) is 0. The van der Waals surface area contributed by atoms with Crippen molar-refractivity contribution in [1.82, 2.24) is 4.90 Å². The lowest BCUT2D eigenvalue weighted by atomic mass is 9.94. The molecule has 1 aromatic carbocycles. The van der Waals surface area contributed by atoms with Crippen LogP contribution in [0.15, 0.2) is 30.3 Å². The summed E-state index contributed by atoms with van der Waals surface area (Å²) in [6.45, 7) is 4.69. The van der Waals surface area contributed by atoms with E-state index in [1.807, 2.05) is 37.3 Å². The minimum absolute atomic E-state index is 0.0885. The van der Waals surface area contributed by atoms with Crippen molar-refractivity contribution in [3.63, 3.8) is 0 Å². The van der Waals surface area contributed by atoms with Gasteiger partial charge in [-0.1, -0.05) is 69.9 Å². The molecule has 29 heavy (non-hydrogen) atoms. The highest BCUT2D eigenvalue weighted by Crippen LogP contribution is 2.23. The van der Waals surface area contributed by atoms with E-state index >= 15 is 0 Å². The fourth-order valence-corrected chi connectivity index (χ4v) is 3.48. The van der Waals surface area contributed by atoms with Crippen LogP contribution < -0.4 is 0 Å². The van der Waals surface area contributed by atoms with Gasteiger partial charge in [0.2, 0.25) is 5.91 Å². The summed E-state index contributed by atoms with van der Waals surface area (Å²) in [5.41, 5.74) is 1.02. The van der Waals surface area contributed by atoms with Gasteiger partial charge in [0.15, 0.2) is 5.78 Å². The number of carbonyl (C=O) groups excluding carboxylic acids is 3. The Labute approximate surface area is 173 Å². The fraction of sp³-hybridized carbons (Fsp3) is 0.609. The van der Waals surface area contributed by atoms with Gasteiger partial charge in [-0.05, 0) is 24.8 Å². The van der Waals surface area contributed by atoms with Crippen molar-refractivity contribution in [2.75, 3.05) is 19.8 Å². The molecule has 0 bridgehead atoms. The predicted octanol–water partition coefficient (Wildman–Crippen LogP) is 4.16. The van der Waals surface area contributed by atoms with E-state index in [9.17, 15) is 14.4 Å². The second-order valence-electron chi connectivity index (χ2n) is 7.55. The summed E-state index contributed by atoms with van der Waals surface area (Å²) in [5, 5.41) is 0. The zero-order valence-corrected chi connectivity index (χ0v) is 17.6. The van der Waals surface area contributed by atoms with Crippen LogP contribution in [0.3, 0.4) is 0 Å². The van der Waals surface area contributed by atoms with Crippen molar-refractivity contribution < 1.29 is 23.9 Å². The molecule has 0 aromatic heterocycles. The van der Waals surface area contributed by atoms with E-state index in [0.29, 0.717) is 19.4 Å². The van der Waals surface area contributed by atoms with Crippen molar-refractivity contribution in [3.05, 3.63) is 35.9 Å². The van der Waals surface area contributed by atoms with E-state index < -0.39 is 17.9 Å². The second kappa shape index (κ2) is 12.4. The zero-order chi connectivity index (χ0) is 21.1. The van der Waals surface area contributed by atoms with Crippen molar-refractivity contribution in [2.24, 2.45) is 5.92 Å². The molecule has 0 unspecified atom stereocenters. The van der Waals surface area contributed by atoms with Gasteiger partial charge in [0.1, 0.15) is 13.2 Å². The van der Waals surface area contributed by atoms with Gasteiger partial charge in [-0.2, -0.15) is 0 Å². The number of Topliss-reactive ketones (excluding diaryl/α,β-unsaturated/α-hetero) is 1. The van der Waals surface area contributed by atoms with E-state index in [1.54, 1.807) is 0 Å². The number of cyclic esters (lactones) is 1. The summed E-state index contributed by atoms with van der Waals surface area (Å²) < 4.78 is 10.6. The number of rotatable bonds is 13. The summed E-state index contributed by atoms with van der Waals surface area (Å²) in [6, 6.07) is 9.28. The molecule has 0 saturated carbocycles. The molecule has 2 rings (SSSR count). The molecule has 0 radical (unpaired) electrons. The van der Waals surface area contributed by atoms with Crippen LogP contribution in [-0.2, 0) is 25.5 Å². The Balaban J connectivity index is 2.08. The molecule has 160 valence electrons. The second-order valence-corrected chi connectivity index (χ2v) is 7.55. The Morgan fingerprint density at radius 3 is 2.55 bits per heavy atom. The standard InChI is InChI=1S/C23H33NO5/c1-3-5-8-13-20(21(25)17-28-14-6-4-2)22(26)24-19(16-29-23(24)27)15-18-11-9-7-10-12-18/h7,9-12,19-20H,3-6,8,13-17H2,1-2H3/t19-,20+/m0/s1. The molecule has 0 spiro atoms.